The summed E-state index contributed by atoms with van der Waals surface area (Å²) in [7, 11) is 0. The molecular weight excluding hydrogens is 528 g/mol. The van der Waals surface area contributed by atoms with E-state index in [0.717, 1.165) is 43.4 Å². The van der Waals surface area contributed by atoms with Crippen molar-refractivity contribution in [1.29, 1.82) is 0 Å². The lowest BCUT2D eigenvalue weighted by molar-refractivity contribution is 1.64. The zero-order valence-electron chi connectivity index (χ0n) is 31.5. The van der Waals surface area contributed by atoms with Gasteiger partial charge >= 0.3 is 0 Å². The van der Waals surface area contributed by atoms with Crippen molar-refractivity contribution >= 4 is 53.9 Å². The maximum Gasteiger partial charge on any atom is 0.0629 e. The Bertz CT molecular complexity index is 2910. The molecule has 0 nitrogen and oxygen atoms in total. The molecular formula is C44H28. The monoisotopic (exact) mass is 564 g/mol. The van der Waals surface area contributed by atoms with Crippen LogP contribution < -0.4 is 0 Å². The van der Waals surface area contributed by atoms with Crippen molar-refractivity contribution in [1.82, 2.24) is 0 Å². The normalized spacial score (nSPS) is 14.2. The first-order valence-electron chi connectivity index (χ1n) is 18.6. The predicted octanol–water partition coefficient (Wildman–Crippen LogP) is 12.5. The number of rotatable bonds is 3. The molecule has 0 unspecified atom stereocenters. The van der Waals surface area contributed by atoms with Crippen molar-refractivity contribution in [2.24, 2.45) is 0 Å². The fourth-order valence-electron chi connectivity index (χ4n) is 6.81. The van der Waals surface area contributed by atoms with Gasteiger partial charge < -0.3 is 0 Å². The molecule has 0 heterocycles. The minimum atomic E-state index is -0.418. The van der Waals surface area contributed by atoms with Crippen LogP contribution in [0.3, 0.4) is 0 Å². The van der Waals surface area contributed by atoms with E-state index in [1.807, 2.05) is 121 Å². The topological polar surface area (TPSA) is 0 Å². The zero-order valence-corrected chi connectivity index (χ0v) is 23.5. The van der Waals surface area contributed by atoms with Crippen LogP contribution in [0, 0.1) is 0 Å². The summed E-state index contributed by atoms with van der Waals surface area (Å²) in [6, 6.07) is 36.6. The molecule has 0 fully saturated rings. The summed E-state index contributed by atoms with van der Waals surface area (Å²) in [5.41, 5.74) is 3.89. The van der Waals surface area contributed by atoms with E-state index in [1.165, 1.54) is 0 Å². The molecule has 0 heteroatoms. The van der Waals surface area contributed by atoms with E-state index in [4.69, 9.17) is 5.48 Å². The van der Waals surface area contributed by atoms with Gasteiger partial charge in [0.05, 0.1) is 11.0 Å². The van der Waals surface area contributed by atoms with E-state index < -0.39 is 24.2 Å². The zero-order chi connectivity index (χ0) is 36.0. The third kappa shape index (κ3) is 3.71. The molecule has 0 radical (unpaired) electrons. The van der Waals surface area contributed by atoms with Gasteiger partial charge in [-0.1, -0.05) is 164 Å². The molecule has 0 atom stereocenters. The van der Waals surface area contributed by atoms with Crippen LogP contribution in [0.25, 0.3) is 87.2 Å². The van der Waals surface area contributed by atoms with Crippen LogP contribution in [0.15, 0.2) is 170 Å². The Hall–Kier alpha value is -5.72. The van der Waals surface area contributed by atoms with Gasteiger partial charge in [-0.3, -0.25) is 0 Å². The molecule has 0 spiro atoms. The first-order chi connectivity index (χ1) is 25.2. The molecule has 0 aliphatic carbocycles. The van der Waals surface area contributed by atoms with Gasteiger partial charge in [-0.25, -0.2) is 0 Å². The second-order valence-corrected chi connectivity index (χ2v) is 11.0. The second kappa shape index (κ2) is 9.93. The van der Waals surface area contributed by atoms with Crippen molar-refractivity contribution in [3.8, 4) is 33.4 Å². The number of fused-ring (bicyclic) bond motifs is 6. The highest BCUT2D eigenvalue weighted by atomic mass is 14.2. The first kappa shape index (κ1) is 18.1. The van der Waals surface area contributed by atoms with E-state index in [9.17, 15) is 5.48 Å². The molecule has 204 valence electrons. The Labute approximate surface area is 267 Å². The van der Waals surface area contributed by atoms with E-state index >= 15 is 0 Å². The van der Waals surface area contributed by atoms with Crippen LogP contribution in [0.4, 0.5) is 0 Å². The lowest BCUT2D eigenvalue weighted by Crippen LogP contribution is -1.93. The lowest BCUT2D eigenvalue weighted by Gasteiger charge is -2.21. The molecule has 0 N–H and O–H groups in total. The molecule has 0 saturated carbocycles. The van der Waals surface area contributed by atoms with E-state index in [2.05, 4.69) is 0 Å². The van der Waals surface area contributed by atoms with Crippen molar-refractivity contribution in [2.75, 3.05) is 0 Å². The molecule has 0 aliphatic heterocycles. The fraction of sp³-hybridized carbons (Fsp3) is 0. The van der Waals surface area contributed by atoms with Crippen LogP contribution in [-0.2, 0) is 0 Å². The summed E-state index contributed by atoms with van der Waals surface area (Å²) in [5.74, 6) is 0. The number of hydrogen-bond acceptors (Lipinski definition) is 0. The van der Waals surface area contributed by atoms with Crippen LogP contribution >= 0.6 is 0 Å². The Balaban J connectivity index is 1.58. The average molecular weight is 565 g/mol. The van der Waals surface area contributed by atoms with Gasteiger partial charge in [0.2, 0.25) is 0 Å². The Morgan fingerprint density at radius 1 is 0.318 bits per heavy atom. The highest BCUT2D eigenvalue weighted by Gasteiger charge is 2.20. The standard InChI is InChI=1S/C44H28/c1-2-14-29(15-3-1)32-26-27-41(35-20-8-6-19-34(32)35)43-37-22-10-12-24-39(37)44(40-25-13-11-23-38(40)43)42-28-30-16-4-5-17-31(30)33-18-7-9-21-36(33)42/h1-28H/i10D,11D,12D,13D,22D,23D,24D,25D. The Morgan fingerprint density at radius 2 is 0.750 bits per heavy atom. The molecule has 9 aromatic rings. The highest BCUT2D eigenvalue weighted by Crippen LogP contribution is 2.48. The summed E-state index contributed by atoms with van der Waals surface area (Å²) in [6.45, 7) is 0. The van der Waals surface area contributed by atoms with Crippen LogP contribution in [0.5, 0.6) is 0 Å². The van der Waals surface area contributed by atoms with Gasteiger partial charge in [-0.2, -0.15) is 0 Å². The summed E-state index contributed by atoms with van der Waals surface area (Å²) in [4.78, 5) is 0. The molecule has 0 bridgehead atoms. The average Bonchev–Trinajstić information content (AvgIpc) is 3.19. The van der Waals surface area contributed by atoms with Gasteiger partial charge in [0.15, 0.2) is 0 Å². The molecule has 0 aliphatic rings. The first-order valence-corrected chi connectivity index (χ1v) is 14.6. The van der Waals surface area contributed by atoms with Gasteiger partial charge in [0, 0.05) is 0 Å². The van der Waals surface area contributed by atoms with Gasteiger partial charge in [-0.15, -0.1) is 0 Å². The van der Waals surface area contributed by atoms with Crippen LogP contribution in [0.2, 0.25) is 0 Å². The minimum Gasteiger partial charge on any atom is -0.0622 e. The molecule has 0 aromatic heterocycles. The quantitative estimate of drug-likeness (QED) is 0.148. The van der Waals surface area contributed by atoms with Crippen molar-refractivity contribution in [3.05, 3.63) is 170 Å². The van der Waals surface area contributed by atoms with Crippen molar-refractivity contribution in [3.63, 3.8) is 0 Å². The van der Waals surface area contributed by atoms with E-state index in [0.29, 0.717) is 22.3 Å². The highest BCUT2D eigenvalue weighted by molar-refractivity contribution is 6.27. The third-order valence-corrected chi connectivity index (χ3v) is 8.69. The molecule has 0 saturated heterocycles. The van der Waals surface area contributed by atoms with Gasteiger partial charge in [-0.05, 0) is 93.3 Å². The lowest BCUT2D eigenvalue weighted by atomic mass is 9.82. The Morgan fingerprint density at radius 3 is 1.36 bits per heavy atom. The van der Waals surface area contributed by atoms with Gasteiger partial charge in [0.25, 0.3) is 0 Å². The summed E-state index contributed by atoms with van der Waals surface area (Å²) >= 11 is 0. The minimum absolute atomic E-state index is 0.202. The van der Waals surface area contributed by atoms with Gasteiger partial charge in [0.1, 0.15) is 0 Å². The molecule has 0 amide bonds. The summed E-state index contributed by atoms with van der Waals surface area (Å²) in [6.07, 6.45) is 0. The van der Waals surface area contributed by atoms with E-state index in [-0.39, 0.29) is 45.7 Å². The second-order valence-electron chi connectivity index (χ2n) is 11.0. The smallest absolute Gasteiger partial charge is 0.0622 e. The predicted molar refractivity (Wildman–Crippen MR) is 190 cm³/mol. The fourth-order valence-corrected chi connectivity index (χ4v) is 6.81. The SMILES string of the molecule is [2H]c1c([2H])c([2H])c2c(-c3cc4ccccc4c4ccccc34)c3c([2H])c([2H])c([2H])c([2H])c3c(-c3ccc(-c4ccccc4)c4ccccc34)c2c1[2H]. The number of benzene rings is 9. The van der Waals surface area contributed by atoms with Crippen LogP contribution in [0.1, 0.15) is 11.0 Å². The molecule has 44 heavy (non-hydrogen) atoms. The largest absolute Gasteiger partial charge is 0.0629 e. The summed E-state index contributed by atoms with van der Waals surface area (Å²) < 4.78 is 73.4. The van der Waals surface area contributed by atoms with E-state index in [1.54, 1.807) is 0 Å². The van der Waals surface area contributed by atoms with Crippen molar-refractivity contribution < 1.29 is 11.0 Å². The van der Waals surface area contributed by atoms with Crippen molar-refractivity contribution in [2.45, 2.75) is 0 Å². The van der Waals surface area contributed by atoms with Crippen LogP contribution in [-0.4, -0.2) is 0 Å². The third-order valence-electron chi connectivity index (χ3n) is 8.69. The maximum atomic E-state index is 9.47. The number of hydrogen-bond donors (Lipinski definition) is 0. The Kier molecular flexibility index (Phi) is 4.08. The summed E-state index contributed by atoms with van der Waals surface area (Å²) in [5, 5.41) is 6.12. The molecule has 9 rings (SSSR count). The molecule has 9 aromatic carbocycles. The maximum absolute atomic E-state index is 9.47.